The molecule has 0 fully saturated rings. The average Bonchev–Trinajstić information content (AvgIpc) is 2.95. The van der Waals surface area contributed by atoms with Crippen LogP contribution in [0.5, 0.6) is 0 Å². The number of hydrogen-bond acceptors (Lipinski definition) is 5. The molecule has 2 N–H and O–H groups in total. The minimum Gasteiger partial charge on any atom is -0.376 e. The van der Waals surface area contributed by atoms with Crippen LogP contribution in [0, 0.1) is 0 Å². The topological polar surface area (TPSA) is 75.7 Å². The molecule has 1 aliphatic heterocycles. The smallest absolute Gasteiger partial charge is 0.139 e. The summed E-state index contributed by atoms with van der Waals surface area (Å²) in [6, 6.07) is 6.03. The minimum atomic E-state index is 0.562. The van der Waals surface area contributed by atoms with Crippen LogP contribution in [0.3, 0.4) is 0 Å². The summed E-state index contributed by atoms with van der Waals surface area (Å²) in [5.74, 6) is 0.817. The molecule has 3 heterocycles. The van der Waals surface area contributed by atoms with Crippen molar-refractivity contribution < 1.29 is 4.74 Å². The zero-order chi connectivity index (χ0) is 13.4. The van der Waals surface area contributed by atoms with Crippen LogP contribution in [0.4, 0.5) is 11.5 Å². The fourth-order valence-corrected chi connectivity index (χ4v) is 2.42. The Balaban J connectivity index is 1.71. The summed E-state index contributed by atoms with van der Waals surface area (Å²) in [6.45, 7) is 1.29. The lowest BCUT2D eigenvalue weighted by molar-refractivity contribution is 0.109. The van der Waals surface area contributed by atoms with Gasteiger partial charge in [0.25, 0.3) is 0 Å². The van der Waals surface area contributed by atoms with Crippen molar-refractivity contribution in [3.8, 4) is 0 Å². The molecule has 100 valence electrons. The molecule has 0 bridgehead atoms. The number of nitrogens with one attached hydrogen (secondary N) is 2. The highest BCUT2D eigenvalue weighted by Gasteiger charge is 2.16. The zero-order valence-electron chi connectivity index (χ0n) is 10.8. The molecule has 6 nitrogen and oxygen atoms in total. The largest absolute Gasteiger partial charge is 0.376 e. The number of H-pyrrole nitrogens is 1. The van der Waals surface area contributed by atoms with Crippen molar-refractivity contribution in [2.24, 2.45) is 0 Å². The molecule has 1 aromatic carbocycles. The maximum Gasteiger partial charge on any atom is 0.139 e. The molecule has 20 heavy (non-hydrogen) atoms. The summed E-state index contributed by atoms with van der Waals surface area (Å²) in [5.41, 5.74) is 4.11. The number of rotatable bonds is 2. The van der Waals surface area contributed by atoms with Gasteiger partial charge in [-0.15, -0.1) is 0 Å². The Labute approximate surface area is 115 Å². The van der Waals surface area contributed by atoms with Gasteiger partial charge < -0.3 is 10.1 Å². The van der Waals surface area contributed by atoms with E-state index in [-0.39, 0.29) is 0 Å². The van der Waals surface area contributed by atoms with Crippen LogP contribution in [0.25, 0.3) is 10.9 Å². The van der Waals surface area contributed by atoms with Crippen LogP contribution in [-0.2, 0) is 17.8 Å². The van der Waals surface area contributed by atoms with Gasteiger partial charge in [0.05, 0.1) is 30.6 Å². The SMILES string of the molecule is c1nc2c(c(Nc3ccc4[nH]ncc4c3)n1)COCC2. The lowest BCUT2D eigenvalue weighted by Gasteiger charge is -2.18. The Kier molecular flexibility index (Phi) is 2.60. The molecule has 0 atom stereocenters. The molecule has 2 aromatic heterocycles. The normalized spacial score (nSPS) is 14.2. The lowest BCUT2D eigenvalue weighted by atomic mass is 10.1. The number of aromatic amines is 1. The van der Waals surface area contributed by atoms with E-state index in [1.807, 2.05) is 18.2 Å². The first kappa shape index (κ1) is 11.4. The highest BCUT2D eigenvalue weighted by atomic mass is 16.5. The molecule has 4 rings (SSSR count). The Morgan fingerprint density at radius 1 is 1.25 bits per heavy atom. The second kappa shape index (κ2) is 4.57. The summed E-state index contributed by atoms with van der Waals surface area (Å²) in [4.78, 5) is 8.65. The average molecular weight is 267 g/mol. The molecular formula is C14H13N5O. The van der Waals surface area contributed by atoms with E-state index in [9.17, 15) is 0 Å². The Hall–Kier alpha value is -2.47. The van der Waals surface area contributed by atoms with Gasteiger partial charge in [0.15, 0.2) is 0 Å². The van der Waals surface area contributed by atoms with Gasteiger partial charge in [-0.3, -0.25) is 5.10 Å². The first-order valence-electron chi connectivity index (χ1n) is 6.51. The van der Waals surface area contributed by atoms with Crippen LogP contribution in [0.15, 0.2) is 30.7 Å². The van der Waals surface area contributed by atoms with Gasteiger partial charge >= 0.3 is 0 Å². The second-order valence-electron chi connectivity index (χ2n) is 4.75. The third-order valence-corrected chi connectivity index (χ3v) is 3.47. The van der Waals surface area contributed by atoms with Crippen LogP contribution < -0.4 is 5.32 Å². The van der Waals surface area contributed by atoms with E-state index in [2.05, 4.69) is 25.5 Å². The van der Waals surface area contributed by atoms with E-state index in [4.69, 9.17) is 4.74 Å². The maximum atomic E-state index is 5.50. The van der Waals surface area contributed by atoms with E-state index in [0.29, 0.717) is 6.61 Å². The first-order valence-corrected chi connectivity index (χ1v) is 6.51. The van der Waals surface area contributed by atoms with E-state index in [1.165, 1.54) is 0 Å². The molecule has 3 aromatic rings. The van der Waals surface area contributed by atoms with Crippen molar-refractivity contribution in [3.05, 3.63) is 42.0 Å². The third kappa shape index (κ3) is 1.90. The molecule has 0 saturated carbocycles. The van der Waals surface area contributed by atoms with E-state index in [0.717, 1.165) is 46.7 Å². The first-order chi connectivity index (χ1) is 9.90. The van der Waals surface area contributed by atoms with Gasteiger partial charge in [-0.05, 0) is 18.2 Å². The monoisotopic (exact) mass is 267 g/mol. The van der Waals surface area contributed by atoms with Crippen molar-refractivity contribution in [1.29, 1.82) is 0 Å². The summed E-state index contributed by atoms with van der Waals surface area (Å²) in [6.07, 6.45) is 4.25. The van der Waals surface area contributed by atoms with E-state index >= 15 is 0 Å². The van der Waals surface area contributed by atoms with Gasteiger partial charge in [-0.25, -0.2) is 9.97 Å². The fourth-order valence-electron chi connectivity index (χ4n) is 2.42. The number of nitrogens with zero attached hydrogens (tertiary/aromatic N) is 3. The number of anilines is 2. The molecule has 0 aliphatic carbocycles. The zero-order valence-corrected chi connectivity index (χ0v) is 10.8. The van der Waals surface area contributed by atoms with Gasteiger partial charge in [-0.1, -0.05) is 0 Å². The van der Waals surface area contributed by atoms with Crippen molar-refractivity contribution in [1.82, 2.24) is 20.2 Å². The number of aromatic nitrogens is 4. The Morgan fingerprint density at radius 2 is 2.25 bits per heavy atom. The van der Waals surface area contributed by atoms with Crippen LogP contribution >= 0.6 is 0 Å². The molecule has 0 spiro atoms. The molecule has 0 amide bonds. The number of benzene rings is 1. The molecule has 1 aliphatic rings. The maximum absolute atomic E-state index is 5.50. The van der Waals surface area contributed by atoms with Crippen molar-refractivity contribution in [2.45, 2.75) is 13.0 Å². The lowest BCUT2D eigenvalue weighted by Crippen LogP contribution is -2.14. The third-order valence-electron chi connectivity index (χ3n) is 3.47. The van der Waals surface area contributed by atoms with Crippen molar-refractivity contribution in [3.63, 3.8) is 0 Å². The Morgan fingerprint density at radius 3 is 3.25 bits per heavy atom. The summed E-state index contributed by atoms with van der Waals surface area (Å²) >= 11 is 0. The highest BCUT2D eigenvalue weighted by Crippen LogP contribution is 2.25. The standard InChI is InChI=1S/C14H13N5O/c1-2-12-9(6-17-19-12)5-10(1)18-14-11-7-20-4-3-13(11)15-8-16-14/h1-2,5-6,8H,3-4,7H2,(H,17,19)(H,15,16,18). The van der Waals surface area contributed by atoms with Crippen molar-refractivity contribution in [2.75, 3.05) is 11.9 Å². The van der Waals surface area contributed by atoms with Gasteiger partial charge in [0, 0.05) is 23.1 Å². The van der Waals surface area contributed by atoms with Gasteiger partial charge in [0.1, 0.15) is 12.1 Å². The fraction of sp³-hybridized carbons (Fsp3) is 0.214. The van der Waals surface area contributed by atoms with Crippen LogP contribution in [0.1, 0.15) is 11.3 Å². The molecule has 0 unspecified atom stereocenters. The summed E-state index contributed by atoms with van der Waals surface area (Å²) in [5, 5.41) is 11.4. The Bertz CT molecular complexity index is 767. The molecular weight excluding hydrogens is 254 g/mol. The highest BCUT2D eigenvalue weighted by molar-refractivity contribution is 5.82. The minimum absolute atomic E-state index is 0.562. The van der Waals surface area contributed by atoms with Gasteiger partial charge in [0.2, 0.25) is 0 Å². The number of hydrogen-bond donors (Lipinski definition) is 2. The van der Waals surface area contributed by atoms with Crippen LogP contribution in [0.2, 0.25) is 0 Å². The quantitative estimate of drug-likeness (QED) is 0.744. The number of fused-ring (bicyclic) bond motifs is 2. The van der Waals surface area contributed by atoms with E-state index in [1.54, 1.807) is 12.5 Å². The molecule has 0 saturated heterocycles. The van der Waals surface area contributed by atoms with E-state index < -0.39 is 0 Å². The predicted molar refractivity (Wildman–Crippen MR) is 74.8 cm³/mol. The second-order valence-corrected chi connectivity index (χ2v) is 4.75. The summed E-state index contributed by atoms with van der Waals surface area (Å²) < 4.78 is 5.50. The van der Waals surface area contributed by atoms with Crippen LogP contribution in [-0.4, -0.2) is 26.8 Å². The van der Waals surface area contributed by atoms with Gasteiger partial charge in [-0.2, -0.15) is 5.10 Å². The molecule has 6 heteroatoms. The van der Waals surface area contributed by atoms with Crippen molar-refractivity contribution >= 4 is 22.4 Å². The molecule has 0 radical (unpaired) electrons. The summed E-state index contributed by atoms with van der Waals surface area (Å²) in [7, 11) is 0. The predicted octanol–water partition coefficient (Wildman–Crippen LogP) is 2.17. The number of ether oxygens (including phenoxy) is 1.